The predicted molar refractivity (Wildman–Crippen MR) is 102 cm³/mol. The maximum atomic E-state index is 13.0. The van der Waals surface area contributed by atoms with Crippen molar-refractivity contribution in [3.63, 3.8) is 0 Å². The number of carbonyl (C=O) groups is 1. The molecule has 0 spiro atoms. The second-order valence-electron chi connectivity index (χ2n) is 6.34. The average molecular weight is 359 g/mol. The molecule has 1 aliphatic rings. The van der Waals surface area contributed by atoms with Gasteiger partial charge in [-0.3, -0.25) is 9.69 Å². The zero-order valence-corrected chi connectivity index (χ0v) is 15.7. The van der Waals surface area contributed by atoms with Gasteiger partial charge in [0.05, 0.1) is 20.2 Å². The Morgan fingerprint density at radius 1 is 1.16 bits per heavy atom. The number of hydrogen-bond donors (Lipinski definition) is 0. The fourth-order valence-electron chi connectivity index (χ4n) is 2.93. The highest BCUT2D eigenvalue weighted by atomic mass is 32.1. The number of amides is 1. The van der Waals surface area contributed by atoms with Crippen LogP contribution in [0.15, 0.2) is 41.8 Å². The lowest BCUT2D eigenvalue weighted by Crippen LogP contribution is -2.48. The molecule has 2 aromatic rings. The Hall–Kier alpha value is -1.89. The Labute approximate surface area is 153 Å². The van der Waals surface area contributed by atoms with Crippen LogP contribution < -0.4 is 9.64 Å². The van der Waals surface area contributed by atoms with Crippen molar-refractivity contribution in [2.24, 2.45) is 0 Å². The Kier molecular flexibility index (Phi) is 6.07. The highest BCUT2D eigenvalue weighted by Gasteiger charge is 2.22. The van der Waals surface area contributed by atoms with E-state index in [1.165, 1.54) is 4.88 Å². The average Bonchev–Trinajstić information content (AvgIpc) is 3.15. The van der Waals surface area contributed by atoms with E-state index in [4.69, 9.17) is 4.74 Å². The molecule has 0 aliphatic carbocycles. The summed E-state index contributed by atoms with van der Waals surface area (Å²) in [5, 5.41) is 2.05. The number of anilines is 1. The van der Waals surface area contributed by atoms with Crippen LogP contribution in [0.25, 0.3) is 0 Å². The van der Waals surface area contributed by atoms with Crippen LogP contribution in [0.3, 0.4) is 0 Å². The van der Waals surface area contributed by atoms with Gasteiger partial charge < -0.3 is 14.5 Å². The summed E-state index contributed by atoms with van der Waals surface area (Å²) in [6.07, 6.45) is 0. The first-order chi connectivity index (χ1) is 12.2. The molecular formula is C19H25N3O2S. The fraction of sp³-hybridized carbons (Fsp3) is 0.421. The number of thiophene rings is 1. The SMILES string of the molecule is COc1ccc(N(Cc2cccs2)C(=O)CN2CCN(C)CC2)cc1. The zero-order valence-electron chi connectivity index (χ0n) is 14.9. The molecule has 134 valence electrons. The summed E-state index contributed by atoms with van der Waals surface area (Å²) in [5.74, 6) is 0.939. The van der Waals surface area contributed by atoms with Crippen LogP contribution in [0.1, 0.15) is 4.88 Å². The van der Waals surface area contributed by atoms with Crippen LogP contribution in [0.4, 0.5) is 5.69 Å². The first-order valence-electron chi connectivity index (χ1n) is 8.53. The Bertz CT molecular complexity index is 664. The Balaban J connectivity index is 1.73. The molecule has 0 radical (unpaired) electrons. The van der Waals surface area contributed by atoms with Crippen LogP contribution in [0.2, 0.25) is 0 Å². The van der Waals surface area contributed by atoms with Gasteiger partial charge in [0.1, 0.15) is 5.75 Å². The second-order valence-corrected chi connectivity index (χ2v) is 7.37. The number of likely N-dealkylation sites (N-methyl/N-ethyl adjacent to an activating group) is 1. The fourth-order valence-corrected chi connectivity index (χ4v) is 3.62. The molecular weight excluding hydrogens is 334 g/mol. The third kappa shape index (κ3) is 4.81. The van der Waals surface area contributed by atoms with Crippen LogP contribution in [-0.4, -0.2) is 62.6 Å². The Morgan fingerprint density at radius 2 is 1.88 bits per heavy atom. The molecule has 6 heteroatoms. The monoisotopic (exact) mass is 359 g/mol. The van der Waals surface area contributed by atoms with Crippen molar-refractivity contribution >= 4 is 22.9 Å². The molecule has 2 heterocycles. The number of benzene rings is 1. The maximum absolute atomic E-state index is 13.0. The number of nitrogens with zero attached hydrogens (tertiary/aromatic N) is 3. The molecule has 0 unspecified atom stereocenters. The van der Waals surface area contributed by atoms with Gasteiger partial charge in [-0.05, 0) is 42.8 Å². The number of rotatable bonds is 6. The predicted octanol–water partition coefficient (Wildman–Crippen LogP) is 2.54. The van der Waals surface area contributed by atoms with E-state index in [0.717, 1.165) is 37.6 Å². The molecule has 0 atom stereocenters. The smallest absolute Gasteiger partial charge is 0.241 e. The number of carbonyl (C=O) groups excluding carboxylic acids is 1. The summed E-state index contributed by atoms with van der Waals surface area (Å²) < 4.78 is 5.23. The number of piperazine rings is 1. The number of ether oxygens (including phenoxy) is 1. The third-order valence-electron chi connectivity index (χ3n) is 4.53. The molecule has 25 heavy (non-hydrogen) atoms. The molecule has 5 nitrogen and oxygen atoms in total. The van der Waals surface area contributed by atoms with E-state index in [2.05, 4.69) is 22.9 Å². The molecule has 3 rings (SSSR count). The Morgan fingerprint density at radius 3 is 2.48 bits per heavy atom. The second kappa shape index (κ2) is 8.47. The van der Waals surface area contributed by atoms with Gasteiger partial charge in [0.2, 0.25) is 5.91 Å². The molecule has 0 N–H and O–H groups in total. The lowest BCUT2D eigenvalue weighted by atomic mass is 10.2. The normalized spacial score (nSPS) is 15.9. The van der Waals surface area contributed by atoms with E-state index in [1.54, 1.807) is 18.4 Å². The molecule has 1 aromatic carbocycles. The van der Waals surface area contributed by atoms with E-state index in [9.17, 15) is 4.79 Å². The molecule has 1 saturated heterocycles. The van der Waals surface area contributed by atoms with Gasteiger partial charge in [-0.2, -0.15) is 0 Å². The molecule has 0 bridgehead atoms. The van der Waals surface area contributed by atoms with Gasteiger partial charge >= 0.3 is 0 Å². The van der Waals surface area contributed by atoms with Gasteiger partial charge in [0.15, 0.2) is 0 Å². The summed E-state index contributed by atoms with van der Waals surface area (Å²) in [6, 6.07) is 11.8. The number of hydrogen-bond acceptors (Lipinski definition) is 5. The minimum absolute atomic E-state index is 0.142. The first kappa shape index (κ1) is 17.9. The summed E-state index contributed by atoms with van der Waals surface area (Å²) in [5.41, 5.74) is 0.910. The summed E-state index contributed by atoms with van der Waals surface area (Å²) in [4.78, 5) is 20.6. The molecule has 1 fully saturated rings. The van der Waals surface area contributed by atoms with Crippen molar-refractivity contribution in [1.29, 1.82) is 0 Å². The molecule has 1 amide bonds. The quantitative estimate of drug-likeness (QED) is 0.794. The highest BCUT2D eigenvalue weighted by Crippen LogP contribution is 2.23. The van der Waals surface area contributed by atoms with E-state index in [1.807, 2.05) is 40.6 Å². The summed E-state index contributed by atoms with van der Waals surface area (Å²) in [7, 11) is 3.77. The third-order valence-corrected chi connectivity index (χ3v) is 5.40. The van der Waals surface area contributed by atoms with E-state index in [-0.39, 0.29) is 5.91 Å². The molecule has 1 aliphatic heterocycles. The van der Waals surface area contributed by atoms with Crippen molar-refractivity contribution in [3.8, 4) is 5.75 Å². The van der Waals surface area contributed by atoms with Gasteiger partial charge in [-0.1, -0.05) is 6.07 Å². The van der Waals surface area contributed by atoms with Crippen molar-refractivity contribution < 1.29 is 9.53 Å². The highest BCUT2D eigenvalue weighted by molar-refractivity contribution is 7.09. The molecule has 0 saturated carbocycles. The van der Waals surface area contributed by atoms with Crippen molar-refractivity contribution in [3.05, 3.63) is 46.7 Å². The lowest BCUT2D eigenvalue weighted by Gasteiger charge is -2.33. The minimum Gasteiger partial charge on any atom is -0.497 e. The first-order valence-corrected chi connectivity index (χ1v) is 9.41. The summed E-state index contributed by atoms with van der Waals surface area (Å²) in [6.45, 7) is 4.98. The standard InChI is InChI=1S/C19H25N3O2S/c1-20-9-11-21(12-10-20)15-19(23)22(14-18-4-3-13-25-18)16-5-7-17(24-2)8-6-16/h3-8,13H,9-12,14-15H2,1-2H3. The topological polar surface area (TPSA) is 36.0 Å². The van der Waals surface area contributed by atoms with Crippen LogP contribution in [0, 0.1) is 0 Å². The summed E-state index contributed by atoms with van der Waals surface area (Å²) >= 11 is 1.68. The van der Waals surface area contributed by atoms with E-state index < -0.39 is 0 Å². The minimum atomic E-state index is 0.142. The van der Waals surface area contributed by atoms with Crippen molar-refractivity contribution in [1.82, 2.24) is 9.80 Å². The van der Waals surface area contributed by atoms with Gasteiger partial charge in [-0.15, -0.1) is 11.3 Å². The lowest BCUT2D eigenvalue weighted by molar-refractivity contribution is -0.120. The van der Waals surface area contributed by atoms with Crippen molar-refractivity contribution in [2.75, 3.05) is 51.8 Å². The maximum Gasteiger partial charge on any atom is 0.241 e. The van der Waals surface area contributed by atoms with Gasteiger partial charge in [0, 0.05) is 36.7 Å². The van der Waals surface area contributed by atoms with Crippen LogP contribution >= 0.6 is 11.3 Å². The zero-order chi connectivity index (χ0) is 17.6. The number of methoxy groups -OCH3 is 1. The van der Waals surface area contributed by atoms with Crippen molar-refractivity contribution in [2.45, 2.75) is 6.54 Å². The van der Waals surface area contributed by atoms with E-state index in [0.29, 0.717) is 13.1 Å². The van der Waals surface area contributed by atoms with Gasteiger partial charge in [0.25, 0.3) is 0 Å². The van der Waals surface area contributed by atoms with Crippen LogP contribution in [-0.2, 0) is 11.3 Å². The van der Waals surface area contributed by atoms with E-state index >= 15 is 0 Å². The molecule has 1 aromatic heterocycles. The largest absolute Gasteiger partial charge is 0.497 e. The van der Waals surface area contributed by atoms with Crippen LogP contribution in [0.5, 0.6) is 5.75 Å². The van der Waals surface area contributed by atoms with Gasteiger partial charge in [-0.25, -0.2) is 0 Å².